The first-order valence-electron chi connectivity index (χ1n) is 10.8. The molecule has 7 nitrogen and oxygen atoms in total. The standard InChI is InChI=1S/C22H35N3O4.2ClH/c1-28-20-7-3-4-8-21(20)29-18-19(26)17-24-13-15-25(16-14-24)22(27)9-12-23-10-5-2-6-11-23;;/h3-4,7-8,19,26H,2,5-6,9-18H2,1H3;2*1H. The van der Waals surface area contributed by atoms with Crippen molar-refractivity contribution in [1.82, 2.24) is 14.7 Å². The van der Waals surface area contributed by atoms with E-state index in [9.17, 15) is 9.90 Å². The fourth-order valence-corrected chi connectivity index (χ4v) is 4.05. The maximum atomic E-state index is 12.5. The van der Waals surface area contributed by atoms with Crippen molar-refractivity contribution < 1.29 is 19.4 Å². The van der Waals surface area contributed by atoms with Crippen molar-refractivity contribution in [3.8, 4) is 11.5 Å². The third-order valence-electron chi connectivity index (χ3n) is 5.78. The lowest BCUT2D eigenvalue weighted by Crippen LogP contribution is -2.51. The van der Waals surface area contributed by atoms with Crippen molar-refractivity contribution in [2.75, 3.05) is 66.1 Å². The van der Waals surface area contributed by atoms with Crippen LogP contribution < -0.4 is 9.47 Å². The van der Waals surface area contributed by atoms with Crippen LogP contribution in [0.15, 0.2) is 24.3 Å². The van der Waals surface area contributed by atoms with Gasteiger partial charge < -0.3 is 24.4 Å². The molecule has 1 N–H and O–H groups in total. The van der Waals surface area contributed by atoms with Gasteiger partial charge in [-0.25, -0.2) is 0 Å². The zero-order chi connectivity index (χ0) is 20.5. The molecule has 9 heteroatoms. The third kappa shape index (κ3) is 9.02. The summed E-state index contributed by atoms with van der Waals surface area (Å²) in [6, 6.07) is 7.43. The highest BCUT2D eigenvalue weighted by molar-refractivity contribution is 5.85. The van der Waals surface area contributed by atoms with Crippen LogP contribution in [0.1, 0.15) is 25.7 Å². The SMILES string of the molecule is COc1ccccc1OCC(O)CN1CCN(C(=O)CCN2CCCCC2)CC1.Cl.Cl. The van der Waals surface area contributed by atoms with E-state index < -0.39 is 6.10 Å². The van der Waals surface area contributed by atoms with E-state index in [4.69, 9.17) is 9.47 Å². The number of benzene rings is 1. The van der Waals surface area contributed by atoms with Crippen molar-refractivity contribution in [3.05, 3.63) is 24.3 Å². The summed E-state index contributed by atoms with van der Waals surface area (Å²) in [6.45, 7) is 6.98. The molecule has 2 heterocycles. The molecule has 0 radical (unpaired) electrons. The first-order chi connectivity index (χ1) is 14.2. The van der Waals surface area contributed by atoms with Gasteiger partial charge in [0, 0.05) is 45.7 Å². The summed E-state index contributed by atoms with van der Waals surface area (Å²) < 4.78 is 11.0. The number of nitrogens with zero attached hydrogens (tertiary/aromatic N) is 3. The van der Waals surface area contributed by atoms with Crippen LogP contribution in [0.3, 0.4) is 0 Å². The van der Waals surface area contributed by atoms with Gasteiger partial charge in [0.25, 0.3) is 0 Å². The minimum absolute atomic E-state index is 0. The van der Waals surface area contributed by atoms with Crippen molar-refractivity contribution in [1.29, 1.82) is 0 Å². The van der Waals surface area contributed by atoms with E-state index in [1.807, 2.05) is 29.2 Å². The third-order valence-corrected chi connectivity index (χ3v) is 5.78. The van der Waals surface area contributed by atoms with Crippen LogP contribution in [0, 0.1) is 0 Å². The topological polar surface area (TPSA) is 65.5 Å². The Morgan fingerprint density at radius 1 is 0.968 bits per heavy atom. The summed E-state index contributed by atoms with van der Waals surface area (Å²) in [5.74, 6) is 1.56. The predicted octanol–water partition coefficient (Wildman–Crippen LogP) is 2.30. The summed E-state index contributed by atoms with van der Waals surface area (Å²) in [4.78, 5) is 19.1. The molecule has 0 spiro atoms. The molecule has 0 bridgehead atoms. The number of β-amino-alcohol motifs (C(OH)–C–C–N with tert-alkyl or cyclic N) is 1. The zero-order valence-corrected chi connectivity index (χ0v) is 20.0. The highest BCUT2D eigenvalue weighted by Gasteiger charge is 2.23. The Hall–Kier alpha value is -1.25. The number of aliphatic hydroxyl groups excluding tert-OH is 1. The molecule has 0 aromatic heterocycles. The smallest absolute Gasteiger partial charge is 0.223 e. The molecule has 1 unspecified atom stereocenters. The fraction of sp³-hybridized carbons (Fsp3) is 0.682. The summed E-state index contributed by atoms with van der Waals surface area (Å²) in [5.41, 5.74) is 0. The van der Waals surface area contributed by atoms with E-state index >= 15 is 0 Å². The van der Waals surface area contributed by atoms with Crippen LogP contribution in [0.4, 0.5) is 0 Å². The van der Waals surface area contributed by atoms with Crippen molar-refractivity contribution in [2.45, 2.75) is 31.8 Å². The number of hydrogen-bond acceptors (Lipinski definition) is 6. The zero-order valence-electron chi connectivity index (χ0n) is 18.4. The van der Waals surface area contributed by atoms with Crippen LogP contribution in [0.5, 0.6) is 11.5 Å². The molecule has 3 rings (SSSR count). The Labute approximate surface area is 198 Å². The van der Waals surface area contributed by atoms with Crippen molar-refractivity contribution >= 4 is 30.7 Å². The van der Waals surface area contributed by atoms with E-state index in [1.54, 1.807) is 7.11 Å². The second-order valence-corrected chi connectivity index (χ2v) is 7.95. The maximum Gasteiger partial charge on any atom is 0.223 e. The largest absolute Gasteiger partial charge is 0.493 e. The van der Waals surface area contributed by atoms with Gasteiger partial charge in [0.05, 0.1) is 7.11 Å². The Morgan fingerprint density at radius 2 is 1.61 bits per heavy atom. The van der Waals surface area contributed by atoms with Gasteiger partial charge in [0.2, 0.25) is 5.91 Å². The summed E-state index contributed by atoms with van der Waals surface area (Å²) in [5, 5.41) is 10.3. The molecule has 0 saturated carbocycles. The van der Waals surface area contributed by atoms with Crippen LogP contribution in [0.2, 0.25) is 0 Å². The van der Waals surface area contributed by atoms with Gasteiger partial charge in [-0.3, -0.25) is 9.69 Å². The predicted molar refractivity (Wildman–Crippen MR) is 127 cm³/mol. The Morgan fingerprint density at radius 3 is 2.26 bits per heavy atom. The molecule has 1 amide bonds. The summed E-state index contributed by atoms with van der Waals surface area (Å²) in [6.07, 6.45) is 3.88. The number of carbonyl (C=O) groups excluding carboxylic acids is 1. The van der Waals surface area contributed by atoms with E-state index in [1.165, 1.54) is 19.3 Å². The fourth-order valence-electron chi connectivity index (χ4n) is 4.05. The first-order valence-corrected chi connectivity index (χ1v) is 10.8. The second kappa shape index (κ2) is 14.7. The number of rotatable bonds is 9. The number of carbonyl (C=O) groups is 1. The van der Waals surface area contributed by atoms with Gasteiger partial charge in [-0.05, 0) is 38.1 Å². The number of aliphatic hydroxyl groups is 1. The van der Waals surface area contributed by atoms with Crippen LogP contribution >= 0.6 is 24.8 Å². The number of amides is 1. The van der Waals surface area contributed by atoms with Crippen LogP contribution in [-0.2, 0) is 4.79 Å². The lowest BCUT2D eigenvalue weighted by molar-refractivity contribution is -0.133. The number of piperazine rings is 1. The van der Waals surface area contributed by atoms with Gasteiger partial charge >= 0.3 is 0 Å². The molecule has 0 aliphatic carbocycles. The van der Waals surface area contributed by atoms with Crippen LogP contribution in [-0.4, -0.2) is 97.9 Å². The number of hydrogen-bond donors (Lipinski definition) is 1. The van der Waals surface area contributed by atoms with Crippen molar-refractivity contribution in [3.63, 3.8) is 0 Å². The Kier molecular flexibility index (Phi) is 13.2. The molecule has 1 aromatic carbocycles. The van der Waals surface area contributed by atoms with Crippen LogP contribution in [0.25, 0.3) is 0 Å². The molecular weight excluding hydrogens is 441 g/mol. The van der Waals surface area contributed by atoms with E-state index in [-0.39, 0.29) is 37.3 Å². The van der Waals surface area contributed by atoms with Crippen molar-refractivity contribution in [2.24, 2.45) is 0 Å². The quantitative estimate of drug-likeness (QED) is 0.588. The molecule has 1 atom stereocenters. The number of para-hydroxylation sites is 2. The van der Waals surface area contributed by atoms with E-state index in [0.717, 1.165) is 45.8 Å². The molecule has 2 saturated heterocycles. The van der Waals surface area contributed by atoms with Gasteiger partial charge in [-0.2, -0.15) is 0 Å². The molecule has 2 fully saturated rings. The highest BCUT2D eigenvalue weighted by Crippen LogP contribution is 2.25. The number of methoxy groups -OCH3 is 1. The number of halogens is 2. The van der Waals surface area contributed by atoms with Gasteiger partial charge in [0.1, 0.15) is 12.7 Å². The normalized spacial score (nSPS) is 18.5. The first kappa shape index (κ1) is 27.8. The Bertz CT molecular complexity index is 639. The summed E-state index contributed by atoms with van der Waals surface area (Å²) in [7, 11) is 1.60. The average molecular weight is 478 g/mol. The maximum absolute atomic E-state index is 12.5. The number of ether oxygens (including phenoxy) is 2. The second-order valence-electron chi connectivity index (χ2n) is 7.95. The molecule has 2 aliphatic heterocycles. The Balaban J connectivity index is 0.00000240. The van der Waals surface area contributed by atoms with Gasteiger partial charge in [-0.1, -0.05) is 18.6 Å². The average Bonchev–Trinajstić information content (AvgIpc) is 2.77. The monoisotopic (exact) mass is 477 g/mol. The highest BCUT2D eigenvalue weighted by atomic mass is 35.5. The lowest BCUT2D eigenvalue weighted by atomic mass is 10.1. The molecule has 1 aromatic rings. The lowest BCUT2D eigenvalue weighted by Gasteiger charge is -2.36. The molecule has 31 heavy (non-hydrogen) atoms. The minimum atomic E-state index is -0.582. The molecular formula is C22H37Cl2N3O4. The minimum Gasteiger partial charge on any atom is -0.493 e. The van der Waals surface area contributed by atoms with Gasteiger partial charge in [-0.15, -0.1) is 24.8 Å². The molecule has 178 valence electrons. The van der Waals surface area contributed by atoms with E-state index in [2.05, 4.69) is 9.80 Å². The summed E-state index contributed by atoms with van der Waals surface area (Å²) >= 11 is 0. The molecule has 2 aliphatic rings. The van der Waals surface area contributed by atoms with Gasteiger partial charge in [0.15, 0.2) is 11.5 Å². The van der Waals surface area contributed by atoms with E-state index in [0.29, 0.717) is 24.5 Å². The number of likely N-dealkylation sites (tertiary alicyclic amines) is 1. The number of piperidine rings is 1.